The first kappa shape index (κ1) is 23.0. The summed E-state index contributed by atoms with van der Waals surface area (Å²) >= 11 is 0. The first-order valence-corrected chi connectivity index (χ1v) is 12.5. The second kappa shape index (κ2) is 8.49. The standard InChI is InChI=1S/C22H23F3N4O4S/c23-22(24,25)15-2-1-3-18(8-15)34(31,32)28-7-6-21(30)29-13-17(9-16(29)12-28)33-20-11-26-19(10-27-20)14-4-5-14/h1-3,8,10-11,14,16-17H,4-7,9,12-13H2/t16-,17-/m0/s1. The van der Waals surface area contributed by atoms with Gasteiger partial charge in [0.1, 0.15) is 6.10 Å². The summed E-state index contributed by atoms with van der Waals surface area (Å²) in [6.07, 6.45) is 0.743. The summed E-state index contributed by atoms with van der Waals surface area (Å²) in [6.45, 7) is 0.174. The van der Waals surface area contributed by atoms with Crippen LogP contribution in [0.25, 0.3) is 0 Å². The third kappa shape index (κ3) is 4.61. The van der Waals surface area contributed by atoms with Crippen LogP contribution in [0.15, 0.2) is 41.6 Å². The minimum absolute atomic E-state index is 0.0174. The van der Waals surface area contributed by atoms with Gasteiger partial charge in [0.05, 0.1) is 35.1 Å². The molecule has 0 unspecified atom stereocenters. The van der Waals surface area contributed by atoms with Crippen LogP contribution in [0.4, 0.5) is 13.2 Å². The van der Waals surface area contributed by atoms with E-state index in [2.05, 4.69) is 9.97 Å². The van der Waals surface area contributed by atoms with E-state index in [1.165, 1.54) is 0 Å². The smallest absolute Gasteiger partial charge is 0.416 e. The van der Waals surface area contributed by atoms with Crippen LogP contribution in [0.2, 0.25) is 0 Å². The number of sulfonamides is 1. The van der Waals surface area contributed by atoms with Crippen LogP contribution in [0.3, 0.4) is 0 Å². The van der Waals surface area contributed by atoms with Gasteiger partial charge in [-0.1, -0.05) is 6.07 Å². The number of halogens is 3. The van der Waals surface area contributed by atoms with Gasteiger partial charge in [-0.15, -0.1) is 0 Å². The Labute approximate surface area is 194 Å². The highest BCUT2D eigenvalue weighted by atomic mass is 32.2. The van der Waals surface area contributed by atoms with Crippen molar-refractivity contribution in [3.8, 4) is 5.88 Å². The molecule has 2 aromatic rings. The maximum Gasteiger partial charge on any atom is 0.416 e. The van der Waals surface area contributed by atoms with Gasteiger partial charge in [-0.25, -0.2) is 13.4 Å². The highest BCUT2D eigenvalue weighted by Crippen LogP contribution is 2.39. The van der Waals surface area contributed by atoms with E-state index in [4.69, 9.17) is 4.74 Å². The molecule has 182 valence electrons. The maximum atomic E-state index is 13.2. The van der Waals surface area contributed by atoms with Crippen LogP contribution < -0.4 is 4.74 Å². The highest BCUT2D eigenvalue weighted by Gasteiger charge is 2.42. The van der Waals surface area contributed by atoms with E-state index < -0.39 is 32.7 Å². The van der Waals surface area contributed by atoms with Crippen molar-refractivity contribution >= 4 is 15.9 Å². The molecule has 0 spiro atoms. The largest absolute Gasteiger partial charge is 0.471 e. The average Bonchev–Trinajstić information content (AvgIpc) is 3.59. The summed E-state index contributed by atoms with van der Waals surface area (Å²) < 4.78 is 72.6. The predicted molar refractivity (Wildman–Crippen MR) is 113 cm³/mol. The number of carbonyl (C=O) groups is 1. The minimum Gasteiger partial charge on any atom is -0.471 e. The summed E-state index contributed by atoms with van der Waals surface area (Å²) in [4.78, 5) is 22.5. The maximum absolute atomic E-state index is 13.2. The molecule has 5 rings (SSSR count). The van der Waals surface area contributed by atoms with E-state index in [-0.39, 0.29) is 38.1 Å². The number of hydrogen-bond acceptors (Lipinski definition) is 6. The molecule has 1 amide bonds. The lowest BCUT2D eigenvalue weighted by Crippen LogP contribution is -2.40. The van der Waals surface area contributed by atoms with E-state index in [0.29, 0.717) is 24.3 Å². The summed E-state index contributed by atoms with van der Waals surface area (Å²) in [5, 5.41) is 0. The SMILES string of the molecule is O=C1CCN(S(=O)(=O)c2cccc(C(F)(F)F)c2)C[C@@H]2C[C@H](Oc3cnc(C4CC4)cn3)CN12. The Morgan fingerprint density at radius 2 is 1.88 bits per heavy atom. The van der Waals surface area contributed by atoms with Crippen LogP contribution in [-0.2, 0) is 21.0 Å². The van der Waals surface area contributed by atoms with Crippen LogP contribution in [-0.4, -0.2) is 65.3 Å². The zero-order valence-corrected chi connectivity index (χ0v) is 18.9. The van der Waals surface area contributed by atoms with E-state index in [1.54, 1.807) is 17.3 Å². The molecule has 0 radical (unpaired) electrons. The quantitative estimate of drug-likeness (QED) is 0.632. The second-order valence-electron chi connectivity index (χ2n) is 8.87. The molecule has 1 aromatic heterocycles. The predicted octanol–water partition coefficient (Wildman–Crippen LogP) is 2.82. The molecule has 2 atom stereocenters. The fraction of sp³-hybridized carbons (Fsp3) is 0.500. The van der Waals surface area contributed by atoms with Crippen LogP contribution in [0, 0.1) is 0 Å². The number of nitrogens with zero attached hydrogens (tertiary/aromatic N) is 4. The van der Waals surface area contributed by atoms with Crippen molar-refractivity contribution in [1.29, 1.82) is 0 Å². The zero-order chi connectivity index (χ0) is 24.1. The van der Waals surface area contributed by atoms with E-state index in [0.717, 1.165) is 41.0 Å². The summed E-state index contributed by atoms with van der Waals surface area (Å²) in [5.41, 5.74) is -0.109. The molecule has 3 fully saturated rings. The lowest BCUT2D eigenvalue weighted by molar-refractivity contribution is -0.137. The fourth-order valence-corrected chi connectivity index (χ4v) is 6.00. The first-order valence-electron chi connectivity index (χ1n) is 11.1. The van der Waals surface area contributed by atoms with Gasteiger partial charge in [-0.05, 0) is 31.0 Å². The number of benzene rings is 1. The second-order valence-corrected chi connectivity index (χ2v) is 10.8. The molecular formula is C22H23F3N4O4S. The van der Waals surface area contributed by atoms with Crippen molar-refractivity contribution in [3.05, 3.63) is 47.9 Å². The molecule has 3 aliphatic rings. The number of hydrogen-bond donors (Lipinski definition) is 0. The van der Waals surface area contributed by atoms with Crippen molar-refractivity contribution in [1.82, 2.24) is 19.2 Å². The summed E-state index contributed by atoms with van der Waals surface area (Å²) in [5.74, 6) is 0.592. The highest BCUT2D eigenvalue weighted by molar-refractivity contribution is 7.89. The number of amides is 1. The normalized spacial score (nSPS) is 24.1. The number of aromatic nitrogens is 2. The van der Waals surface area contributed by atoms with Gasteiger partial charge in [0, 0.05) is 37.9 Å². The molecule has 0 bridgehead atoms. The Hall–Kier alpha value is -2.73. The molecule has 2 aliphatic heterocycles. The Balaban J connectivity index is 1.30. The van der Waals surface area contributed by atoms with Crippen LogP contribution in [0.5, 0.6) is 5.88 Å². The van der Waals surface area contributed by atoms with Gasteiger partial charge in [0.2, 0.25) is 21.8 Å². The molecule has 2 saturated heterocycles. The minimum atomic E-state index is -4.66. The fourth-order valence-electron chi connectivity index (χ4n) is 4.48. The van der Waals surface area contributed by atoms with Crippen molar-refractivity contribution in [2.24, 2.45) is 0 Å². The summed E-state index contributed by atoms with van der Waals surface area (Å²) in [7, 11) is -4.22. The van der Waals surface area contributed by atoms with Crippen molar-refractivity contribution in [3.63, 3.8) is 0 Å². The molecule has 34 heavy (non-hydrogen) atoms. The Bertz CT molecular complexity index is 1190. The molecule has 1 saturated carbocycles. The Morgan fingerprint density at radius 3 is 2.56 bits per heavy atom. The molecule has 8 nitrogen and oxygen atoms in total. The van der Waals surface area contributed by atoms with Crippen molar-refractivity contribution in [2.75, 3.05) is 19.6 Å². The molecule has 12 heteroatoms. The molecule has 3 heterocycles. The van der Waals surface area contributed by atoms with Gasteiger partial charge in [0.25, 0.3) is 0 Å². The van der Waals surface area contributed by atoms with Crippen molar-refractivity contribution in [2.45, 2.75) is 54.8 Å². The van der Waals surface area contributed by atoms with Gasteiger partial charge in [-0.3, -0.25) is 9.78 Å². The van der Waals surface area contributed by atoms with E-state index in [1.807, 2.05) is 0 Å². The van der Waals surface area contributed by atoms with Gasteiger partial charge < -0.3 is 9.64 Å². The lowest BCUT2D eigenvalue weighted by Gasteiger charge is -2.25. The molecule has 0 N–H and O–H groups in total. The Kier molecular flexibility index (Phi) is 5.75. The van der Waals surface area contributed by atoms with Gasteiger partial charge in [0.15, 0.2) is 0 Å². The monoisotopic (exact) mass is 496 g/mol. The molecular weight excluding hydrogens is 473 g/mol. The van der Waals surface area contributed by atoms with Gasteiger partial charge >= 0.3 is 6.18 Å². The van der Waals surface area contributed by atoms with E-state index in [9.17, 15) is 26.4 Å². The third-order valence-corrected chi connectivity index (χ3v) is 8.28. The third-order valence-electron chi connectivity index (χ3n) is 6.42. The number of rotatable bonds is 5. The Morgan fingerprint density at radius 1 is 1.09 bits per heavy atom. The lowest BCUT2D eigenvalue weighted by atomic mass is 10.2. The van der Waals surface area contributed by atoms with Crippen molar-refractivity contribution < 1.29 is 31.1 Å². The van der Waals surface area contributed by atoms with Crippen LogP contribution in [0.1, 0.15) is 42.9 Å². The first-order chi connectivity index (χ1) is 16.1. The van der Waals surface area contributed by atoms with E-state index >= 15 is 0 Å². The molecule has 1 aliphatic carbocycles. The average molecular weight is 497 g/mol. The number of alkyl halides is 3. The summed E-state index contributed by atoms with van der Waals surface area (Å²) in [6, 6.07) is 3.22. The van der Waals surface area contributed by atoms with Gasteiger partial charge in [-0.2, -0.15) is 17.5 Å². The van der Waals surface area contributed by atoms with Crippen LogP contribution >= 0.6 is 0 Å². The number of carbonyl (C=O) groups excluding carboxylic acids is 1. The zero-order valence-electron chi connectivity index (χ0n) is 18.1. The number of ether oxygens (including phenoxy) is 1. The number of fused-ring (bicyclic) bond motifs is 1. The topological polar surface area (TPSA) is 92.7 Å². The molecule has 1 aromatic carbocycles.